The third-order valence-corrected chi connectivity index (χ3v) is 8.05. The lowest BCUT2D eigenvalue weighted by molar-refractivity contribution is -0.124. The molecule has 1 unspecified atom stereocenters. The molecule has 3 aromatic carbocycles. The van der Waals surface area contributed by atoms with Crippen LogP contribution in [0.25, 0.3) is 0 Å². The average Bonchev–Trinajstić information content (AvgIpc) is 3.26. The van der Waals surface area contributed by atoms with Gasteiger partial charge in [0, 0.05) is 30.1 Å². The zero-order valence-electron chi connectivity index (χ0n) is 15.1. The van der Waals surface area contributed by atoms with Gasteiger partial charge in [-0.1, -0.05) is 72.8 Å². The number of hydrogen-bond donors (Lipinski definition) is 0. The second-order valence-electron chi connectivity index (χ2n) is 8.80. The van der Waals surface area contributed by atoms with Crippen LogP contribution in [-0.4, -0.2) is 5.78 Å². The average molecular weight is 348 g/mol. The fourth-order valence-corrected chi connectivity index (χ4v) is 7.50. The SMILES string of the molecule is O=C1C[C@@H]2c3ccccc3[C@@H]3c4ccccc4[C@H]4c5ccccc5[C@H](C1)C342. The van der Waals surface area contributed by atoms with E-state index in [4.69, 9.17) is 0 Å². The summed E-state index contributed by atoms with van der Waals surface area (Å²) in [5, 5.41) is 0. The van der Waals surface area contributed by atoms with E-state index in [1.807, 2.05) is 0 Å². The minimum Gasteiger partial charge on any atom is -0.300 e. The molecule has 1 spiro atoms. The molecule has 5 atom stereocenters. The second-order valence-corrected chi connectivity index (χ2v) is 8.80. The monoisotopic (exact) mass is 348 g/mol. The Labute approximate surface area is 159 Å². The first-order valence-electron chi connectivity index (χ1n) is 10.1. The predicted molar refractivity (Wildman–Crippen MR) is 105 cm³/mol. The molecule has 0 radical (unpaired) electrons. The molecule has 4 aliphatic rings. The van der Waals surface area contributed by atoms with Crippen LogP contribution >= 0.6 is 0 Å². The maximum absolute atomic E-state index is 12.9. The molecule has 0 aliphatic heterocycles. The first-order valence-corrected chi connectivity index (χ1v) is 10.1. The number of carbonyl (C=O) groups excluding carboxylic acids is 1. The van der Waals surface area contributed by atoms with Crippen LogP contribution in [-0.2, 0) is 4.79 Å². The van der Waals surface area contributed by atoms with Gasteiger partial charge in [0.25, 0.3) is 0 Å². The maximum atomic E-state index is 12.9. The molecule has 1 nitrogen and oxygen atoms in total. The Hall–Kier alpha value is -2.67. The summed E-state index contributed by atoms with van der Waals surface area (Å²) in [6.07, 6.45) is 1.42. The first kappa shape index (κ1) is 14.4. The van der Waals surface area contributed by atoms with Crippen LogP contribution in [0.4, 0.5) is 0 Å². The fraction of sp³-hybridized carbons (Fsp3) is 0.269. The van der Waals surface area contributed by atoms with E-state index in [0.29, 0.717) is 42.3 Å². The summed E-state index contributed by atoms with van der Waals surface area (Å²) in [6, 6.07) is 27.0. The predicted octanol–water partition coefficient (Wildman–Crippen LogP) is 5.51. The van der Waals surface area contributed by atoms with Gasteiger partial charge in [-0.15, -0.1) is 0 Å². The quantitative estimate of drug-likeness (QED) is 0.524. The van der Waals surface area contributed by atoms with Crippen molar-refractivity contribution < 1.29 is 4.79 Å². The van der Waals surface area contributed by atoms with Crippen LogP contribution in [0.2, 0.25) is 0 Å². The molecule has 0 amide bonds. The van der Waals surface area contributed by atoms with E-state index in [9.17, 15) is 4.79 Å². The molecule has 0 saturated heterocycles. The van der Waals surface area contributed by atoms with Gasteiger partial charge in [-0.2, -0.15) is 0 Å². The Balaban J connectivity index is 1.64. The van der Waals surface area contributed by atoms with Crippen molar-refractivity contribution in [3.05, 3.63) is 106 Å². The first-order chi connectivity index (χ1) is 13.3. The molecule has 0 N–H and O–H groups in total. The Morgan fingerprint density at radius 3 is 1.30 bits per heavy atom. The third-order valence-electron chi connectivity index (χ3n) is 8.05. The standard InChI is InChI=1S/C26H20O/c27-15-13-22-16-7-1-3-9-18(16)24-20-11-5-6-12-21(20)25-19-10-4-2-8-17(19)23(14-15)26(22,24)25/h1-12,22-25H,13-14H2/t22-,23+,24-,25-,26?/m1/s1. The summed E-state index contributed by atoms with van der Waals surface area (Å²) in [5.41, 5.74) is 8.96. The highest BCUT2D eigenvalue weighted by molar-refractivity contribution is 5.85. The number of benzene rings is 3. The van der Waals surface area contributed by atoms with Crippen molar-refractivity contribution in [2.75, 3.05) is 0 Å². The van der Waals surface area contributed by atoms with Crippen LogP contribution in [0.3, 0.4) is 0 Å². The number of rotatable bonds is 0. The Bertz CT molecular complexity index is 1050. The molecule has 0 aromatic heterocycles. The molecule has 0 heterocycles. The summed E-state index contributed by atoms with van der Waals surface area (Å²) < 4.78 is 0. The maximum Gasteiger partial charge on any atom is 0.134 e. The van der Waals surface area contributed by atoms with Crippen LogP contribution < -0.4 is 0 Å². The molecule has 0 bridgehead atoms. The minimum atomic E-state index is 0.116. The number of fused-ring (bicyclic) bond motifs is 9. The van der Waals surface area contributed by atoms with Gasteiger partial charge in [-0.25, -0.2) is 0 Å². The van der Waals surface area contributed by atoms with Gasteiger partial charge >= 0.3 is 0 Å². The molecule has 7 rings (SSSR count). The van der Waals surface area contributed by atoms with E-state index in [1.54, 1.807) is 0 Å². The summed E-state index contributed by atoms with van der Waals surface area (Å²) in [7, 11) is 0. The van der Waals surface area contributed by atoms with Crippen molar-refractivity contribution in [1.82, 2.24) is 0 Å². The number of Topliss-reactive ketones (excluding diaryl/α,β-unsaturated/α-hetero) is 1. The van der Waals surface area contributed by atoms with Crippen molar-refractivity contribution >= 4 is 5.78 Å². The van der Waals surface area contributed by atoms with Gasteiger partial charge in [0.05, 0.1) is 0 Å². The van der Waals surface area contributed by atoms with Gasteiger partial charge in [-0.05, 0) is 45.2 Å². The summed E-state index contributed by atoms with van der Waals surface area (Å²) in [5.74, 6) is 1.97. The van der Waals surface area contributed by atoms with Crippen molar-refractivity contribution in [3.8, 4) is 0 Å². The van der Waals surface area contributed by atoms with Crippen molar-refractivity contribution in [1.29, 1.82) is 0 Å². The third kappa shape index (κ3) is 1.42. The Morgan fingerprint density at radius 1 is 0.556 bits per heavy atom. The fourth-order valence-electron chi connectivity index (χ4n) is 7.50. The van der Waals surface area contributed by atoms with E-state index in [2.05, 4.69) is 72.8 Å². The number of hydrogen-bond acceptors (Lipinski definition) is 1. The van der Waals surface area contributed by atoms with Crippen LogP contribution in [0, 0.1) is 5.41 Å². The lowest BCUT2D eigenvalue weighted by Gasteiger charge is -2.45. The Morgan fingerprint density at radius 2 is 0.889 bits per heavy atom. The molecular weight excluding hydrogens is 328 g/mol. The lowest BCUT2D eigenvalue weighted by Crippen LogP contribution is -2.40. The summed E-state index contributed by atoms with van der Waals surface area (Å²) in [4.78, 5) is 12.9. The van der Waals surface area contributed by atoms with Gasteiger partial charge in [0.1, 0.15) is 5.78 Å². The van der Waals surface area contributed by atoms with E-state index in [-0.39, 0.29) is 5.41 Å². The van der Waals surface area contributed by atoms with Gasteiger partial charge in [-0.3, -0.25) is 4.79 Å². The normalized spacial score (nSPS) is 33.9. The van der Waals surface area contributed by atoms with Gasteiger partial charge in [0.15, 0.2) is 0 Å². The van der Waals surface area contributed by atoms with E-state index < -0.39 is 0 Å². The summed E-state index contributed by atoms with van der Waals surface area (Å²) in [6.45, 7) is 0. The molecule has 1 saturated carbocycles. The molecule has 130 valence electrons. The topological polar surface area (TPSA) is 17.1 Å². The molecule has 4 aliphatic carbocycles. The van der Waals surface area contributed by atoms with Crippen molar-refractivity contribution in [2.24, 2.45) is 5.41 Å². The molecule has 1 heteroatoms. The molecular formula is C26H20O. The van der Waals surface area contributed by atoms with Gasteiger partial charge < -0.3 is 0 Å². The van der Waals surface area contributed by atoms with E-state index >= 15 is 0 Å². The van der Waals surface area contributed by atoms with Crippen LogP contribution in [0.5, 0.6) is 0 Å². The smallest absolute Gasteiger partial charge is 0.134 e. The highest BCUT2D eigenvalue weighted by Gasteiger charge is 2.70. The second kappa shape index (κ2) is 4.59. The molecule has 27 heavy (non-hydrogen) atoms. The van der Waals surface area contributed by atoms with E-state index in [0.717, 1.165) is 0 Å². The highest BCUT2D eigenvalue weighted by Crippen LogP contribution is 2.80. The zero-order chi connectivity index (χ0) is 17.8. The van der Waals surface area contributed by atoms with Crippen LogP contribution in [0.1, 0.15) is 69.9 Å². The lowest BCUT2D eigenvalue weighted by atomic mass is 9.56. The zero-order valence-corrected chi connectivity index (χ0v) is 15.1. The van der Waals surface area contributed by atoms with Crippen molar-refractivity contribution in [2.45, 2.75) is 36.5 Å². The summed E-state index contributed by atoms with van der Waals surface area (Å²) >= 11 is 0. The number of carbonyl (C=O) groups is 1. The highest BCUT2D eigenvalue weighted by atomic mass is 16.1. The van der Waals surface area contributed by atoms with Crippen molar-refractivity contribution in [3.63, 3.8) is 0 Å². The molecule has 1 fully saturated rings. The minimum absolute atomic E-state index is 0.116. The van der Waals surface area contributed by atoms with E-state index in [1.165, 1.54) is 33.4 Å². The largest absolute Gasteiger partial charge is 0.300 e. The van der Waals surface area contributed by atoms with Gasteiger partial charge in [0.2, 0.25) is 0 Å². The Kier molecular flexibility index (Phi) is 2.45. The molecule has 3 aromatic rings. The number of ketones is 1. The van der Waals surface area contributed by atoms with Crippen LogP contribution in [0.15, 0.2) is 72.8 Å².